The molecular weight excluding hydrogens is 277 g/mol. The number of carbonyl (C=O) groups is 1. The van der Waals surface area contributed by atoms with Crippen LogP contribution in [0.25, 0.3) is 0 Å². The topological polar surface area (TPSA) is 20.3 Å². The van der Waals surface area contributed by atoms with Crippen molar-refractivity contribution < 1.29 is 9.18 Å². The number of halogens is 2. The fourth-order valence-electron chi connectivity index (χ4n) is 1.95. The molecule has 0 radical (unpaired) electrons. The first-order valence-electron chi connectivity index (χ1n) is 6.26. The van der Waals surface area contributed by atoms with E-state index < -0.39 is 5.38 Å². The maximum atomic E-state index is 13.1. The van der Waals surface area contributed by atoms with E-state index in [-0.39, 0.29) is 11.7 Å². The molecule has 20 heavy (non-hydrogen) atoms. The number of hydrogen-bond donors (Lipinski definition) is 0. The van der Waals surface area contributed by atoms with Gasteiger partial charge in [-0.3, -0.25) is 4.79 Å². The number of amides is 1. The Hall–Kier alpha value is -1.87. The molecule has 0 spiro atoms. The minimum absolute atomic E-state index is 0.206. The van der Waals surface area contributed by atoms with E-state index >= 15 is 0 Å². The first-order chi connectivity index (χ1) is 9.58. The Morgan fingerprint density at radius 1 is 1.20 bits per heavy atom. The van der Waals surface area contributed by atoms with Crippen LogP contribution in [0.15, 0.2) is 54.6 Å². The summed E-state index contributed by atoms with van der Waals surface area (Å²) >= 11 is 6.18. The predicted octanol–water partition coefficient (Wildman–Crippen LogP) is 3.76. The second kappa shape index (κ2) is 6.53. The van der Waals surface area contributed by atoms with Gasteiger partial charge in [0.2, 0.25) is 5.91 Å². The average molecular weight is 292 g/mol. The molecule has 0 N–H and O–H groups in total. The van der Waals surface area contributed by atoms with Crippen LogP contribution >= 0.6 is 11.6 Å². The summed E-state index contributed by atoms with van der Waals surface area (Å²) in [7, 11) is 1.66. The molecule has 1 unspecified atom stereocenters. The lowest BCUT2D eigenvalue weighted by Gasteiger charge is -2.20. The number of likely N-dealkylation sites (N-methyl/N-ethyl adjacent to an activating group) is 1. The normalized spacial score (nSPS) is 11.9. The zero-order chi connectivity index (χ0) is 14.5. The van der Waals surface area contributed by atoms with Crippen molar-refractivity contribution >= 4 is 17.5 Å². The second-order valence-electron chi connectivity index (χ2n) is 4.60. The van der Waals surface area contributed by atoms with Gasteiger partial charge in [-0.25, -0.2) is 4.39 Å². The minimum Gasteiger partial charge on any atom is -0.340 e. The maximum Gasteiger partial charge on any atom is 0.245 e. The second-order valence-corrected chi connectivity index (χ2v) is 5.03. The summed E-state index contributed by atoms with van der Waals surface area (Å²) in [5, 5.41) is -0.727. The van der Waals surface area contributed by atoms with Gasteiger partial charge < -0.3 is 4.90 Å². The lowest BCUT2D eigenvalue weighted by atomic mass is 10.1. The van der Waals surface area contributed by atoms with Crippen LogP contribution in [-0.4, -0.2) is 17.9 Å². The fraction of sp³-hybridized carbons (Fsp3) is 0.188. The molecule has 0 fully saturated rings. The number of benzene rings is 2. The zero-order valence-electron chi connectivity index (χ0n) is 11.1. The van der Waals surface area contributed by atoms with Gasteiger partial charge in [0, 0.05) is 13.6 Å². The number of carbonyl (C=O) groups excluding carboxylic acids is 1. The molecule has 0 saturated heterocycles. The Morgan fingerprint density at radius 2 is 1.90 bits per heavy atom. The molecule has 0 saturated carbocycles. The van der Waals surface area contributed by atoms with Crippen molar-refractivity contribution in [2.45, 2.75) is 11.9 Å². The Kier molecular flexibility index (Phi) is 4.74. The molecule has 0 aliphatic carbocycles. The van der Waals surface area contributed by atoms with Gasteiger partial charge in [-0.1, -0.05) is 42.5 Å². The summed E-state index contributed by atoms with van der Waals surface area (Å²) in [6.45, 7) is 0.326. The van der Waals surface area contributed by atoms with Crippen LogP contribution in [0.1, 0.15) is 16.5 Å². The smallest absolute Gasteiger partial charge is 0.245 e. The number of alkyl halides is 1. The third kappa shape index (κ3) is 3.58. The Balaban J connectivity index is 2.05. The minimum atomic E-state index is -0.727. The van der Waals surface area contributed by atoms with E-state index in [0.717, 1.165) is 11.1 Å². The van der Waals surface area contributed by atoms with Gasteiger partial charge in [-0.2, -0.15) is 0 Å². The quantitative estimate of drug-likeness (QED) is 0.785. The van der Waals surface area contributed by atoms with Crippen molar-refractivity contribution in [1.82, 2.24) is 4.90 Å². The molecule has 1 atom stereocenters. The first-order valence-corrected chi connectivity index (χ1v) is 6.70. The highest BCUT2D eigenvalue weighted by Gasteiger charge is 2.21. The summed E-state index contributed by atoms with van der Waals surface area (Å²) in [5.74, 6) is -0.518. The molecule has 1 amide bonds. The van der Waals surface area contributed by atoms with Crippen LogP contribution in [0.3, 0.4) is 0 Å². The number of hydrogen-bond acceptors (Lipinski definition) is 1. The van der Waals surface area contributed by atoms with Gasteiger partial charge in [0.05, 0.1) is 0 Å². The molecule has 104 valence electrons. The molecular formula is C16H15ClFNO. The number of nitrogens with zero attached hydrogens (tertiary/aromatic N) is 1. The molecule has 2 nitrogen and oxygen atoms in total. The van der Waals surface area contributed by atoms with Crippen LogP contribution in [0.5, 0.6) is 0 Å². The van der Waals surface area contributed by atoms with Crippen molar-refractivity contribution in [1.29, 1.82) is 0 Å². The molecule has 2 rings (SSSR count). The zero-order valence-corrected chi connectivity index (χ0v) is 11.8. The van der Waals surface area contributed by atoms with Crippen LogP contribution in [-0.2, 0) is 11.3 Å². The van der Waals surface area contributed by atoms with Crippen molar-refractivity contribution in [3.63, 3.8) is 0 Å². The Morgan fingerprint density at radius 3 is 2.55 bits per heavy atom. The van der Waals surface area contributed by atoms with Gasteiger partial charge in [-0.05, 0) is 23.3 Å². The predicted molar refractivity (Wildman–Crippen MR) is 77.9 cm³/mol. The molecule has 0 heterocycles. The maximum absolute atomic E-state index is 13.1. The van der Waals surface area contributed by atoms with Crippen LogP contribution < -0.4 is 0 Å². The number of rotatable bonds is 4. The summed E-state index contributed by atoms with van der Waals surface area (Å²) in [6, 6.07) is 15.4. The van der Waals surface area contributed by atoms with E-state index in [1.165, 1.54) is 17.0 Å². The monoisotopic (exact) mass is 291 g/mol. The van der Waals surface area contributed by atoms with Gasteiger partial charge in [0.15, 0.2) is 0 Å². The Labute approximate surface area is 122 Å². The van der Waals surface area contributed by atoms with Gasteiger partial charge in [0.25, 0.3) is 0 Å². The summed E-state index contributed by atoms with van der Waals surface area (Å²) in [4.78, 5) is 13.7. The van der Waals surface area contributed by atoms with E-state index in [1.807, 2.05) is 30.3 Å². The molecule has 2 aromatic rings. The first kappa shape index (κ1) is 14.5. The fourth-order valence-corrected chi connectivity index (χ4v) is 2.26. The Bertz CT molecular complexity index is 588. The van der Waals surface area contributed by atoms with Crippen LogP contribution in [0, 0.1) is 5.82 Å². The van der Waals surface area contributed by atoms with Crippen LogP contribution in [0.2, 0.25) is 0 Å². The highest BCUT2D eigenvalue weighted by atomic mass is 35.5. The molecule has 0 bridgehead atoms. The van der Waals surface area contributed by atoms with Crippen molar-refractivity contribution in [3.8, 4) is 0 Å². The van der Waals surface area contributed by atoms with Gasteiger partial charge in [0.1, 0.15) is 11.2 Å². The summed E-state index contributed by atoms with van der Waals surface area (Å²) in [5.41, 5.74) is 1.49. The summed E-state index contributed by atoms with van der Waals surface area (Å²) < 4.78 is 13.1. The molecule has 4 heteroatoms. The van der Waals surface area contributed by atoms with E-state index in [9.17, 15) is 9.18 Å². The SMILES string of the molecule is CN(Cc1cccc(F)c1)C(=O)C(Cl)c1ccccc1. The highest BCUT2D eigenvalue weighted by Crippen LogP contribution is 2.23. The van der Waals surface area contributed by atoms with Crippen molar-refractivity contribution in [2.24, 2.45) is 0 Å². The largest absolute Gasteiger partial charge is 0.340 e. The molecule has 2 aromatic carbocycles. The van der Waals surface area contributed by atoms with E-state index in [0.29, 0.717) is 6.54 Å². The van der Waals surface area contributed by atoms with Crippen molar-refractivity contribution in [2.75, 3.05) is 7.05 Å². The lowest BCUT2D eigenvalue weighted by Crippen LogP contribution is -2.29. The van der Waals surface area contributed by atoms with Gasteiger partial charge in [-0.15, -0.1) is 11.6 Å². The third-order valence-electron chi connectivity index (χ3n) is 2.99. The van der Waals surface area contributed by atoms with Crippen molar-refractivity contribution in [3.05, 3.63) is 71.5 Å². The molecule has 0 aliphatic rings. The van der Waals surface area contributed by atoms with Gasteiger partial charge >= 0.3 is 0 Å². The molecule has 0 aliphatic heterocycles. The molecule has 0 aromatic heterocycles. The van der Waals surface area contributed by atoms with Crippen LogP contribution in [0.4, 0.5) is 4.39 Å². The summed E-state index contributed by atoms with van der Waals surface area (Å²) in [6.07, 6.45) is 0. The average Bonchev–Trinajstić information content (AvgIpc) is 2.46. The third-order valence-corrected chi connectivity index (χ3v) is 3.43. The van der Waals surface area contributed by atoms with E-state index in [2.05, 4.69) is 0 Å². The van der Waals surface area contributed by atoms with E-state index in [4.69, 9.17) is 11.6 Å². The lowest BCUT2D eigenvalue weighted by molar-refractivity contribution is -0.130. The van der Waals surface area contributed by atoms with E-state index in [1.54, 1.807) is 19.2 Å². The standard InChI is InChI=1S/C16H15ClFNO/c1-19(11-12-6-5-9-14(18)10-12)16(20)15(17)13-7-3-2-4-8-13/h2-10,15H,11H2,1H3. The highest BCUT2D eigenvalue weighted by molar-refractivity contribution is 6.30.